The average Bonchev–Trinajstić information content (AvgIpc) is 3.03. The molecule has 0 radical (unpaired) electrons. The SMILES string of the molecule is c1c2c(cc3c4c([nH]c13)[C@H]1CCN3CCCC[C@H]3N1CC4)OCCO2. The first-order valence-corrected chi connectivity index (χ1v) is 9.82. The first-order valence-electron chi connectivity index (χ1n) is 9.82. The third-order valence-electron chi connectivity index (χ3n) is 6.61. The molecule has 2 saturated heterocycles. The average molecular weight is 339 g/mol. The molecule has 6 rings (SSSR count). The van der Waals surface area contributed by atoms with Crippen LogP contribution in [0.5, 0.6) is 11.5 Å². The van der Waals surface area contributed by atoms with Crippen LogP contribution in [0.15, 0.2) is 12.1 Å². The zero-order valence-corrected chi connectivity index (χ0v) is 14.6. The first-order chi connectivity index (χ1) is 12.4. The van der Waals surface area contributed by atoms with Gasteiger partial charge in [-0.2, -0.15) is 0 Å². The van der Waals surface area contributed by atoms with Crippen LogP contribution in [-0.2, 0) is 6.42 Å². The van der Waals surface area contributed by atoms with Crippen molar-refractivity contribution in [2.75, 3.05) is 32.8 Å². The second kappa shape index (κ2) is 5.39. The number of hydrogen-bond donors (Lipinski definition) is 1. The minimum Gasteiger partial charge on any atom is -0.486 e. The Hall–Kier alpha value is -1.72. The number of aromatic nitrogens is 1. The normalized spacial score (nSPS) is 29.1. The molecule has 0 aliphatic carbocycles. The van der Waals surface area contributed by atoms with Crippen molar-refractivity contribution in [1.29, 1.82) is 0 Å². The Bertz CT molecular complexity index is 830. The van der Waals surface area contributed by atoms with E-state index in [9.17, 15) is 0 Å². The third-order valence-corrected chi connectivity index (χ3v) is 6.61. The molecule has 2 atom stereocenters. The number of nitrogens with zero attached hydrogens (tertiary/aromatic N) is 2. The molecular formula is C20H25N3O2. The quantitative estimate of drug-likeness (QED) is 0.801. The van der Waals surface area contributed by atoms with Gasteiger partial charge >= 0.3 is 0 Å². The molecule has 0 spiro atoms. The van der Waals surface area contributed by atoms with Gasteiger partial charge in [0.05, 0.1) is 12.2 Å². The lowest BCUT2D eigenvalue weighted by atomic mass is 9.90. The number of fused-ring (bicyclic) bond motifs is 8. The molecule has 0 saturated carbocycles. The number of H-pyrrole nitrogens is 1. The standard InChI is InChI=1S/C20H25N3O2/c1-2-6-22-7-5-16-20-13(4-8-23(16)19(22)3-1)14-11-17-18(12-15(14)21-20)25-10-9-24-17/h11-12,16,19,21H,1-10H2/t16-,19-/m1/s1. The summed E-state index contributed by atoms with van der Waals surface area (Å²) in [5.41, 5.74) is 4.17. The number of hydrogen-bond acceptors (Lipinski definition) is 4. The lowest BCUT2D eigenvalue weighted by Gasteiger charge is -2.52. The highest BCUT2D eigenvalue weighted by atomic mass is 16.6. The topological polar surface area (TPSA) is 40.7 Å². The van der Waals surface area contributed by atoms with Crippen LogP contribution >= 0.6 is 0 Å². The van der Waals surface area contributed by atoms with Gasteiger partial charge in [-0.05, 0) is 50.3 Å². The lowest BCUT2D eigenvalue weighted by Crippen LogP contribution is -2.58. The summed E-state index contributed by atoms with van der Waals surface area (Å²) in [6.07, 6.45) is 7.12. The summed E-state index contributed by atoms with van der Waals surface area (Å²) in [4.78, 5) is 9.25. The predicted octanol–water partition coefficient (Wildman–Crippen LogP) is 3.05. The zero-order chi connectivity index (χ0) is 16.4. The Morgan fingerprint density at radius 2 is 1.84 bits per heavy atom. The number of benzene rings is 1. The number of piperidine rings is 1. The van der Waals surface area contributed by atoms with E-state index in [1.165, 1.54) is 67.5 Å². The van der Waals surface area contributed by atoms with Crippen LogP contribution in [-0.4, -0.2) is 53.8 Å². The summed E-state index contributed by atoms with van der Waals surface area (Å²) in [7, 11) is 0. The van der Waals surface area contributed by atoms with Crippen LogP contribution < -0.4 is 9.47 Å². The van der Waals surface area contributed by atoms with E-state index >= 15 is 0 Å². The Morgan fingerprint density at radius 3 is 2.76 bits per heavy atom. The van der Waals surface area contributed by atoms with E-state index in [1.807, 2.05) is 0 Å². The number of ether oxygens (including phenoxy) is 2. The van der Waals surface area contributed by atoms with Crippen LogP contribution in [0.25, 0.3) is 10.9 Å². The molecule has 132 valence electrons. The summed E-state index contributed by atoms with van der Waals surface area (Å²) in [6.45, 7) is 5.00. The molecule has 4 aliphatic heterocycles. The Morgan fingerprint density at radius 1 is 0.960 bits per heavy atom. The second-order valence-corrected chi connectivity index (χ2v) is 7.86. The highest BCUT2D eigenvalue weighted by molar-refractivity contribution is 5.88. The van der Waals surface area contributed by atoms with Crippen LogP contribution in [0.4, 0.5) is 0 Å². The zero-order valence-electron chi connectivity index (χ0n) is 14.6. The first kappa shape index (κ1) is 14.4. The van der Waals surface area contributed by atoms with Gasteiger partial charge in [-0.3, -0.25) is 9.80 Å². The summed E-state index contributed by atoms with van der Waals surface area (Å²) >= 11 is 0. The molecule has 1 N–H and O–H groups in total. The molecule has 2 aromatic rings. The smallest absolute Gasteiger partial charge is 0.163 e. The van der Waals surface area contributed by atoms with Crippen molar-refractivity contribution in [2.24, 2.45) is 0 Å². The summed E-state index contributed by atoms with van der Waals surface area (Å²) < 4.78 is 11.6. The summed E-state index contributed by atoms with van der Waals surface area (Å²) in [5, 5.41) is 1.34. The fourth-order valence-electron chi connectivity index (χ4n) is 5.49. The van der Waals surface area contributed by atoms with Gasteiger partial charge in [0.15, 0.2) is 11.5 Å². The maximum atomic E-state index is 5.81. The monoisotopic (exact) mass is 339 g/mol. The van der Waals surface area contributed by atoms with Gasteiger partial charge in [-0.15, -0.1) is 0 Å². The van der Waals surface area contributed by atoms with Crippen molar-refractivity contribution in [3.05, 3.63) is 23.4 Å². The molecule has 1 aromatic heterocycles. The van der Waals surface area contributed by atoms with Gasteiger partial charge < -0.3 is 14.5 Å². The third kappa shape index (κ3) is 2.09. The molecule has 1 aromatic carbocycles. The van der Waals surface area contributed by atoms with Crippen molar-refractivity contribution < 1.29 is 9.47 Å². The highest BCUT2D eigenvalue weighted by Gasteiger charge is 2.41. The van der Waals surface area contributed by atoms with E-state index in [-0.39, 0.29) is 0 Å². The number of nitrogens with one attached hydrogen (secondary N) is 1. The molecule has 5 heteroatoms. The highest BCUT2D eigenvalue weighted by Crippen LogP contribution is 2.44. The Balaban J connectivity index is 1.43. The van der Waals surface area contributed by atoms with Gasteiger partial charge in [-0.25, -0.2) is 0 Å². The number of rotatable bonds is 0. The van der Waals surface area contributed by atoms with E-state index in [0.29, 0.717) is 25.4 Å². The fraction of sp³-hybridized carbons (Fsp3) is 0.600. The van der Waals surface area contributed by atoms with Crippen LogP contribution in [0, 0.1) is 0 Å². The van der Waals surface area contributed by atoms with Crippen LogP contribution in [0.2, 0.25) is 0 Å². The molecule has 5 heterocycles. The van der Waals surface area contributed by atoms with Crippen molar-refractivity contribution in [1.82, 2.24) is 14.8 Å². The van der Waals surface area contributed by atoms with Gasteiger partial charge in [0, 0.05) is 35.8 Å². The predicted molar refractivity (Wildman–Crippen MR) is 96.3 cm³/mol. The molecule has 5 nitrogen and oxygen atoms in total. The minimum absolute atomic E-state index is 0.550. The van der Waals surface area contributed by atoms with E-state index < -0.39 is 0 Å². The number of aromatic amines is 1. The van der Waals surface area contributed by atoms with Gasteiger partial charge in [0.25, 0.3) is 0 Å². The molecule has 25 heavy (non-hydrogen) atoms. The van der Waals surface area contributed by atoms with E-state index in [2.05, 4.69) is 26.9 Å². The molecule has 2 fully saturated rings. The van der Waals surface area contributed by atoms with Crippen LogP contribution in [0.1, 0.15) is 43.0 Å². The molecule has 0 unspecified atom stereocenters. The van der Waals surface area contributed by atoms with Crippen molar-refractivity contribution >= 4 is 10.9 Å². The largest absolute Gasteiger partial charge is 0.486 e. The van der Waals surface area contributed by atoms with Crippen LogP contribution in [0.3, 0.4) is 0 Å². The van der Waals surface area contributed by atoms with E-state index in [1.54, 1.807) is 0 Å². The lowest BCUT2D eigenvalue weighted by molar-refractivity contribution is -0.0599. The fourth-order valence-corrected chi connectivity index (χ4v) is 5.49. The summed E-state index contributed by atoms with van der Waals surface area (Å²) in [5.74, 6) is 1.79. The van der Waals surface area contributed by atoms with Gasteiger partial charge in [-0.1, -0.05) is 0 Å². The Kier molecular flexibility index (Phi) is 3.11. The second-order valence-electron chi connectivity index (χ2n) is 7.86. The molecule has 4 aliphatic rings. The van der Waals surface area contributed by atoms with Crippen molar-refractivity contribution in [2.45, 2.75) is 44.3 Å². The maximum absolute atomic E-state index is 5.81. The van der Waals surface area contributed by atoms with E-state index in [0.717, 1.165) is 17.9 Å². The van der Waals surface area contributed by atoms with Crippen molar-refractivity contribution in [3.8, 4) is 11.5 Å². The summed E-state index contributed by atoms with van der Waals surface area (Å²) in [6, 6.07) is 4.89. The van der Waals surface area contributed by atoms with Gasteiger partial charge in [0.1, 0.15) is 13.2 Å². The minimum atomic E-state index is 0.550. The Labute approximate surface area is 147 Å². The van der Waals surface area contributed by atoms with Crippen molar-refractivity contribution in [3.63, 3.8) is 0 Å². The molecule has 0 amide bonds. The van der Waals surface area contributed by atoms with E-state index in [4.69, 9.17) is 9.47 Å². The molecule has 0 bridgehead atoms. The van der Waals surface area contributed by atoms with Gasteiger partial charge in [0.2, 0.25) is 0 Å². The maximum Gasteiger partial charge on any atom is 0.163 e. The molecular weight excluding hydrogens is 314 g/mol.